The number of rotatable bonds is 10. The highest BCUT2D eigenvalue weighted by Crippen LogP contribution is 2.33. The average Bonchev–Trinajstić information content (AvgIpc) is 3.46. The first-order chi connectivity index (χ1) is 17.9. The van der Waals surface area contributed by atoms with Gasteiger partial charge in [-0.3, -0.25) is 4.79 Å². The molecule has 0 aliphatic rings. The number of carbonyl (C=O) groups excluding carboxylic acids is 1. The van der Waals surface area contributed by atoms with Crippen molar-refractivity contribution >= 4 is 22.8 Å². The Hall–Kier alpha value is -4.27. The molecule has 1 aromatic heterocycles. The minimum absolute atomic E-state index is 0.0818. The van der Waals surface area contributed by atoms with Crippen LogP contribution in [0.3, 0.4) is 0 Å². The third-order valence-corrected chi connectivity index (χ3v) is 6.94. The van der Waals surface area contributed by atoms with Crippen molar-refractivity contribution in [3.05, 3.63) is 66.2 Å². The zero-order chi connectivity index (χ0) is 26.4. The Morgan fingerprint density at radius 2 is 1.68 bits per heavy atom. The zero-order valence-corrected chi connectivity index (χ0v) is 21.3. The Morgan fingerprint density at radius 3 is 2.32 bits per heavy atom. The molecule has 37 heavy (non-hydrogen) atoms. The lowest BCUT2D eigenvalue weighted by Gasteiger charge is -2.33. The van der Waals surface area contributed by atoms with Crippen molar-refractivity contribution in [2.45, 2.75) is 40.2 Å². The second-order valence-corrected chi connectivity index (χ2v) is 9.04. The van der Waals surface area contributed by atoms with Crippen molar-refractivity contribution in [2.75, 3.05) is 13.2 Å². The predicted octanol–water partition coefficient (Wildman–Crippen LogP) is 5.54. The number of aromatic nitrogens is 4. The van der Waals surface area contributed by atoms with Gasteiger partial charge in [-0.25, -0.2) is 9.89 Å². The number of hydrogen-bond donors (Lipinski definition) is 2. The van der Waals surface area contributed by atoms with E-state index >= 15 is 0 Å². The summed E-state index contributed by atoms with van der Waals surface area (Å²) >= 11 is 0. The molecule has 2 N–H and O–H groups in total. The summed E-state index contributed by atoms with van der Waals surface area (Å²) in [6, 6.07) is 20.1. The highest BCUT2D eigenvalue weighted by Gasteiger charge is 2.38. The molecule has 0 unspecified atom stereocenters. The summed E-state index contributed by atoms with van der Waals surface area (Å²) < 4.78 is 5.26. The van der Waals surface area contributed by atoms with E-state index in [9.17, 15) is 14.7 Å². The van der Waals surface area contributed by atoms with Crippen LogP contribution in [0, 0.1) is 5.41 Å². The number of nitrogens with zero attached hydrogens (tertiary/aromatic N) is 4. The molecule has 192 valence electrons. The van der Waals surface area contributed by atoms with E-state index in [2.05, 4.69) is 26.7 Å². The second-order valence-electron chi connectivity index (χ2n) is 9.04. The van der Waals surface area contributed by atoms with Gasteiger partial charge in [0.25, 0.3) is 0 Å². The van der Waals surface area contributed by atoms with Crippen LogP contribution in [0.2, 0.25) is 0 Å². The number of H-pyrrole nitrogens is 1. The van der Waals surface area contributed by atoms with Gasteiger partial charge < -0.3 is 14.7 Å². The number of carboxylic acids is 1. The normalized spacial score (nSPS) is 11.4. The molecule has 0 atom stereocenters. The Balaban J connectivity index is 1.64. The van der Waals surface area contributed by atoms with Crippen LogP contribution in [0.5, 0.6) is 0 Å². The number of nitrogens with one attached hydrogen (secondary N) is 1. The number of aliphatic carboxylic acids is 1. The molecule has 1 heterocycles. The summed E-state index contributed by atoms with van der Waals surface area (Å²) in [4.78, 5) is 26.4. The Bertz CT molecular complexity index is 1380. The number of hydrogen-bond acceptors (Lipinski definition) is 6. The van der Waals surface area contributed by atoms with Gasteiger partial charge >= 0.3 is 12.1 Å². The SMILES string of the molecule is CCOC(=O)N(Cc1ccc2cc(-c3ccccc3-c3nnn[nH]3)ccc2c1)CC(CC)(CC)C(=O)O. The Labute approximate surface area is 215 Å². The van der Waals surface area contributed by atoms with Gasteiger partial charge in [0, 0.05) is 18.7 Å². The summed E-state index contributed by atoms with van der Waals surface area (Å²) in [7, 11) is 0. The Morgan fingerprint density at radius 1 is 0.973 bits per heavy atom. The fourth-order valence-corrected chi connectivity index (χ4v) is 4.60. The maximum absolute atomic E-state index is 12.8. The number of aromatic amines is 1. The molecule has 0 bridgehead atoms. The predicted molar refractivity (Wildman–Crippen MR) is 141 cm³/mol. The third-order valence-electron chi connectivity index (χ3n) is 6.94. The maximum atomic E-state index is 12.8. The van der Waals surface area contributed by atoms with E-state index in [1.54, 1.807) is 6.92 Å². The van der Waals surface area contributed by atoms with Gasteiger partial charge in [0.1, 0.15) is 0 Å². The molecular weight excluding hydrogens is 470 g/mol. The molecule has 0 fully saturated rings. The largest absolute Gasteiger partial charge is 0.481 e. The van der Waals surface area contributed by atoms with Gasteiger partial charge in [0.2, 0.25) is 0 Å². The van der Waals surface area contributed by atoms with Crippen LogP contribution in [-0.2, 0) is 16.1 Å². The fourth-order valence-electron chi connectivity index (χ4n) is 4.60. The molecule has 4 aromatic rings. The van der Waals surface area contributed by atoms with Crippen molar-refractivity contribution in [1.82, 2.24) is 25.5 Å². The van der Waals surface area contributed by atoms with Gasteiger partial charge in [-0.1, -0.05) is 62.4 Å². The van der Waals surface area contributed by atoms with Crippen LogP contribution in [-0.4, -0.2) is 55.8 Å². The van der Waals surface area contributed by atoms with Crippen LogP contribution in [0.1, 0.15) is 39.2 Å². The van der Waals surface area contributed by atoms with E-state index in [1.807, 2.05) is 68.4 Å². The van der Waals surface area contributed by atoms with E-state index in [0.29, 0.717) is 18.7 Å². The fraction of sp³-hybridized carbons (Fsp3) is 0.321. The molecule has 0 spiro atoms. The quantitative estimate of drug-likeness (QED) is 0.293. The van der Waals surface area contributed by atoms with Crippen molar-refractivity contribution in [3.8, 4) is 22.5 Å². The number of tetrazole rings is 1. The monoisotopic (exact) mass is 501 g/mol. The number of benzene rings is 3. The molecule has 9 nitrogen and oxygen atoms in total. The first kappa shape index (κ1) is 25.8. The second kappa shape index (κ2) is 11.2. The van der Waals surface area contributed by atoms with Crippen LogP contribution in [0.25, 0.3) is 33.3 Å². The van der Waals surface area contributed by atoms with E-state index in [0.717, 1.165) is 33.0 Å². The van der Waals surface area contributed by atoms with Crippen LogP contribution in [0.15, 0.2) is 60.7 Å². The first-order valence-corrected chi connectivity index (χ1v) is 12.4. The third kappa shape index (κ3) is 5.45. The standard InChI is InChI=1S/C28H31N5O4/c1-4-28(5-2,26(34)35)18-33(27(36)37-6-3)17-19-11-12-21-16-22(14-13-20(21)15-19)23-9-7-8-10-24(23)25-29-31-32-30-25/h7-16H,4-6,17-18H2,1-3H3,(H,34,35)(H,29,30,31,32). The molecule has 0 aliphatic carbocycles. The molecule has 9 heteroatoms. The number of carbonyl (C=O) groups is 2. The molecule has 0 aliphatic heterocycles. The van der Waals surface area contributed by atoms with Gasteiger partial charge in [0.15, 0.2) is 5.82 Å². The van der Waals surface area contributed by atoms with Crippen molar-refractivity contribution in [1.29, 1.82) is 0 Å². The molecule has 4 rings (SSSR count). The van der Waals surface area contributed by atoms with E-state index in [-0.39, 0.29) is 19.7 Å². The van der Waals surface area contributed by atoms with Crippen LogP contribution in [0.4, 0.5) is 4.79 Å². The molecule has 0 saturated carbocycles. The molecule has 3 aromatic carbocycles. The summed E-state index contributed by atoms with van der Waals surface area (Å²) in [5, 5.41) is 26.2. The van der Waals surface area contributed by atoms with Gasteiger partial charge in [-0.15, -0.1) is 5.10 Å². The van der Waals surface area contributed by atoms with E-state index < -0.39 is 17.5 Å². The molecular formula is C28H31N5O4. The lowest BCUT2D eigenvalue weighted by Crippen LogP contribution is -2.45. The van der Waals surface area contributed by atoms with E-state index in [1.165, 1.54) is 4.90 Å². The summed E-state index contributed by atoms with van der Waals surface area (Å²) in [6.45, 7) is 5.98. The number of amides is 1. The molecule has 0 radical (unpaired) electrons. The minimum atomic E-state index is -1.02. The highest BCUT2D eigenvalue weighted by atomic mass is 16.6. The molecule has 0 saturated heterocycles. The highest BCUT2D eigenvalue weighted by molar-refractivity contribution is 5.90. The van der Waals surface area contributed by atoms with E-state index in [4.69, 9.17) is 4.74 Å². The van der Waals surface area contributed by atoms with Gasteiger partial charge in [0.05, 0.1) is 12.0 Å². The Kier molecular flexibility index (Phi) is 7.81. The first-order valence-electron chi connectivity index (χ1n) is 12.4. The minimum Gasteiger partial charge on any atom is -0.481 e. The summed E-state index contributed by atoms with van der Waals surface area (Å²) in [6.07, 6.45) is 0.325. The average molecular weight is 502 g/mol. The number of fused-ring (bicyclic) bond motifs is 1. The smallest absolute Gasteiger partial charge is 0.410 e. The zero-order valence-electron chi connectivity index (χ0n) is 21.3. The number of ether oxygens (including phenoxy) is 1. The summed E-state index contributed by atoms with van der Waals surface area (Å²) in [5.74, 6) is -0.305. The lowest BCUT2D eigenvalue weighted by molar-refractivity contribution is -0.150. The van der Waals surface area contributed by atoms with Crippen LogP contribution < -0.4 is 0 Å². The number of carboxylic acid groups (broad SMARTS) is 1. The van der Waals surface area contributed by atoms with Crippen molar-refractivity contribution in [2.24, 2.45) is 5.41 Å². The summed E-state index contributed by atoms with van der Waals surface area (Å²) in [5.41, 5.74) is 2.81. The lowest BCUT2D eigenvalue weighted by atomic mass is 9.82. The maximum Gasteiger partial charge on any atom is 0.410 e. The topological polar surface area (TPSA) is 121 Å². The van der Waals surface area contributed by atoms with Gasteiger partial charge in [-0.2, -0.15) is 0 Å². The van der Waals surface area contributed by atoms with Crippen LogP contribution >= 0.6 is 0 Å². The van der Waals surface area contributed by atoms with Crippen molar-refractivity contribution in [3.63, 3.8) is 0 Å². The van der Waals surface area contributed by atoms with Gasteiger partial charge in [-0.05, 0) is 69.8 Å². The van der Waals surface area contributed by atoms with Crippen molar-refractivity contribution < 1.29 is 19.4 Å². The molecule has 1 amide bonds.